The van der Waals surface area contributed by atoms with E-state index in [1.807, 2.05) is 0 Å². The quantitative estimate of drug-likeness (QED) is 0.374. The van der Waals surface area contributed by atoms with Crippen LogP contribution in [0.1, 0.15) is 0 Å². The molecule has 6 atom stereocenters. The molecule has 0 spiro atoms. The van der Waals surface area contributed by atoms with Crippen molar-refractivity contribution >= 4 is 5.97 Å². The average molecular weight is 262 g/mol. The molecule has 0 aromatic heterocycles. The van der Waals surface area contributed by atoms with Crippen LogP contribution in [0, 0.1) is 0 Å². The van der Waals surface area contributed by atoms with Gasteiger partial charge < -0.3 is 34.6 Å². The third kappa shape index (κ3) is 2.08. The first-order chi connectivity index (χ1) is 8.45. The van der Waals surface area contributed by atoms with Crippen molar-refractivity contribution in [1.82, 2.24) is 0 Å². The smallest absolute Gasteiger partial charge is 0.373 e. The van der Waals surface area contributed by atoms with Crippen molar-refractivity contribution < 1.29 is 39.4 Å². The molecule has 0 saturated carbocycles. The number of carbonyl (C=O) groups excluding carboxylic acids is 1. The highest BCUT2D eigenvalue weighted by molar-refractivity contribution is 5.86. The summed E-state index contributed by atoms with van der Waals surface area (Å²) in [6, 6.07) is 0. The number of esters is 1. The maximum absolute atomic E-state index is 11.3. The van der Waals surface area contributed by atoms with E-state index in [1.165, 1.54) is 0 Å². The number of aliphatic hydroxyl groups is 4. The summed E-state index contributed by atoms with van der Waals surface area (Å²) in [6.45, 7) is 0. The summed E-state index contributed by atoms with van der Waals surface area (Å²) in [4.78, 5) is 11.3. The molecular weight excluding hydrogens is 248 g/mol. The van der Waals surface area contributed by atoms with Crippen LogP contribution in [0.5, 0.6) is 0 Å². The molecule has 0 bridgehead atoms. The molecular formula is C10H14O8. The largest absolute Gasteiger partial charge is 0.478 e. The number of rotatable bonds is 1. The van der Waals surface area contributed by atoms with Gasteiger partial charge in [0.25, 0.3) is 0 Å². The van der Waals surface area contributed by atoms with Crippen LogP contribution in [-0.2, 0) is 19.0 Å². The molecule has 0 amide bonds. The number of ether oxygens (including phenoxy) is 3. The van der Waals surface area contributed by atoms with Crippen LogP contribution < -0.4 is 0 Å². The van der Waals surface area contributed by atoms with Gasteiger partial charge in [0.1, 0.15) is 24.4 Å². The lowest BCUT2D eigenvalue weighted by molar-refractivity contribution is -0.299. The van der Waals surface area contributed by atoms with Gasteiger partial charge in [0, 0.05) is 0 Å². The summed E-state index contributed by atoms with van der Waals surface area (Å²) in [7, 11) is 1.14. The van der Waals surface area contributed by atoms with Crippen molar-refractivity contribution in [2.45, 2.75) is 36.8 Å². The average Bonchev–Trinajstić information content (AvgIpc) is 2.36. The molecule has 2 heterocycles. The normalized spacial score (nSPS) is 43.5. The van der Waals surface area contributed by atoms with Crippen molar-refractivity contribution in [1.29, 1.82) is 0 Å². The second-order valence-corrected chi connectivity index (χ2v) is 4.07. The van der Waals surface area contributed by atoms with E-state index in [9.17, 15) is 25.2 Å². The zero-order chi connectivity index (χ0) is 13.4. The number of hydrogen-bond acceptors (Lipinski definition) is 8. The molecule has 0 radical (unpaired) electrons. The Morgan fingerprint density at radius 1 is 1.22 bits per heavy atom. The highest BCUT2D eigenvalue weighted by atomic mass is 16.7. The molecule has 0 aliphatic carbocycles. The fourth-order valence-electron chi connectivity index (χ4n) is 1.94. The van der Waals surface area contributed by atoms with Crippen LogP contribution in [0.2, 0.25) is 0 Å². The number of aliphatic hydroxyl groups excluding tert-OH is 4. The first kappa shape index (κ1) is 13.2. The maximum Gasteiger partial charge on any atom is 0.373 e. The highest BCUT2D eigenvalue weighted by Crippen LogP contribution is 2.30. The minimum absolute atomic E-state index is 0.280. The predicted molar refractivity (Wildman–Crippen MR) is 53.9 cm³/mol. The molecule has 0 unspecified atom stereocenters. The van der Waals surface area contributed by atoms with E-state index in [0.717, 1.165) is 13.2 Å². The van der Waals surface area contributed by atoms with Gasteiger partial charge in [-0.25, -0.2) is 4.79 Å². The van der Waals surface area contributed by atoms with E-state index in [2.05, 4.69) is 4.74 Å². The lowest BCUT2D eigenvalue weighted by Gasteiger charge is -2.43. The van der Waals surface area contributed by atoms with Gasteiger partial charge in [0.05, 0.1) is 7.11 Å². The molecule has 2 aliphatic rings. The molecule has 0 aromatic rings. The van der Waals surface area contributed by atoms with Gasteiger partial charge in [-0.05, 0) is 6.08 Å². The summed E-state index contributed by atoms with van der Waals surface area (Å²) in [5, 5.41) is 38.2. The standard InChI is InChI=1S/C10H14O8/c1-16-9(14)4-2-3(11)7-8(17-4)5(12)6(13)10(15)18-7/h2-3,5-8,10-13,15H,1H3/t3-,5+,6-,7+,8+,10-/m0/s1. The van der Waals surface area contributed by atoms with Crippen LogP contribution in [0.25, 0.3) is 0 Å². The Hall–Kier alpha value is -1.19. The third-order valence-electron chi connectivity index (χ3n) is 2.91. The van der Waals surface area contributed by atoms with E-state index < -0.39 is 42.8 Å². The van der Waals surface area contributed by atoms with E-state index in [-0.39, 0.29) is 5.76 Å². The van der Waals surface area contributed by atoms with Crippen LogP contribution in [0.15, 0.2) is 11.8 Å². The fraction of sp³-hybridized carbons (Fsp3) is 0.700. The van der Waals surface area contributed by atoms with E-state index in [4.69, 9.17) is 9.47 Å². The molecule has 4 N–H and O–H groups in total. The minimum atomic E-state index is -1.63. The maximum atomic E-state index is 11.3. The third-order valence-corrected chi connectivity index (χ3v) is 2.91. The van der Waals surface area contributed by atoms with Crippen molar-refractivity contribution in [3.63, 3.8) is 0 Å². The van der Waals surface area contributed by atoms with Crippen molar-refractivity contribution in [2.75, 3.05) is 7.11 Å². The molecule has 2 aliphatic heterocycles. The Morgan fingerprint density at radius 2 is 1.89 bits per heavy atom. The Kier molecular flexibility index (Phi) is 3.55. The molecule has 8 heteroatoms. The first-order valence-electron chi connectivity index (χ1n) is 5.30. The lowest BCUT2D eigenvalue weighted by atomic mass is 9.93. The van der Waals surface area contributed by atoms with E-state index in [1.54, 1.807) is 0 Å². The molecule has 8 nitrogen and oxygen atoms in total. The van der Waals surface area contributed by atoms with Gasteiger partial charge in [0.15, 0.2) is 12.4 Å². The van der Waals surface area contributed by atoms with Gasteiger partial charge in [-0.2, -0.15) is 0 Å². The molecule has 1 fully saturated rings. The SMILES string of the molecule is COC(=O)C1=C[C@H](O)[C@H]2O[C@H](O)[C@@H](O)[C@@H](O)[C@H]2O1. The number of fused-ring (bicyclic) bond motifs is 1. The van der Waals surface area contributed by atoms with Crippen LogP contribution in [0.3, 0.4) is 0 Å². The Labute approximate surface area is 102 Å². The Balaban J connectivity index is 2.23. The molecule has 1 saturated heterocycles. The van der Waals surface area contributed by atoms with Gasteiger partial charge in [-0.3, -0.25) is 0 Å². The molecule has 0 aromatic carbocycles. The van der Waals surface area contributed by atoms with Crippen LogP contribution >= 0.6 is 0 Å². The number of carbonyl (C=O) groups is 1. The predicted octanol–water partition coefficient (Wildman–Crippen LogP) is -2.76. The first-order valence-corrected chi connectivity index (χ1v) is 5.30. The van der Waals surface area contributed by atoms with Crippen LogP contribution in [0.4, 0.5) is 0 Å². The minimum Gasteiger partial charge on any atom is -0.478 e. The van der Waals surface area contributed by atoms with E-state index in [0.29, 0.717) is 0 Å². The second-order valence-electron chi connectivity index (χ2n) is 4.07. The topological polar surface area (TPSA) is 126 Å². The molecule has 18 heavy (non-hydrogen) atoms. The summed E-state index contributed by atoms with van der Waals surface area (Å²) in [6.07, 6.45) is -7.17. The fourth-order valence-corrected chi connectivity index (χ4v) is 1.94. The summed E-state index contributed by atoms with van der Waals surface area (Å²) in [5.74, 6) is -1.10. The van der Waals surface area contributed by atoms with Gasteiger partial charge in [-0.1, -0.05) is 0 Å². The lowest BCUT2D eigenvalue weighted by Crippen LogP contribution is -2.62. The monoisotopic (exact) mass is 262 g/mol. The molecule has 102 valence electrons. The van der Waals surface area contributed by atoms with Gasteiger partial charge >= 0.3 is 5.97 Å². The van der Waals surface area contributed by atoms with Crippen molar-refractivity contribution in [2.24, 2.45) is 0 Å². The van der Waals surface area contributed by atoms with Gasteiger partial charge in [0.2, 0.25) is 5.76 Å². The summed E-state index contributed by atoms with van der Waals surface area (Å²) in [5.41, 5.74) is 0. The highest BCUT2D eigenvalue weighted by Gasteiger charge is 2.50. The summed E-state index contributed by atoms with van der Waals surface area (Å²) >= 11 is 0. The Bertz CT molecular complexity index is 367. The zero-order valence-electron chi connectivity index (χ0n) is 9.46. The Morgan fingerprint density at radius 3 is 2.50 bits per heavy atom. The second kappa shape index (κ2) is 4.82. The van der Waals surface area contributed by atoms with Crippen molar-refractivity contribution in [3.05, 3.63) is 11.8 Å². The molecule has 2 rings (SSSR count). The zero-order valence-corrected chi connectivity index (χ0v) is 9.46. The van der Waals surface area contributed by atoms with Crippen LogP contribution in [-0.4, -0.2) is 70.3 Å². The number of hydrogen-bond donors (Lipinski definition) is 4. The van der Waals surface area contributed by atoms with E-state index >= 15 is 0 Å². The summed E-state index contributed by atoms with van der Waals surface area (Å²) < 4.78 is 14.5. The number of methoxy groups -OCH3 is 1. The van der Waals surface area contributed by atoms with Crippen molar-refractivity contribution in [3.8, 4) is 0 Å². The van der Waals surface area contributed by atoms with Gasteiger partial charge in [-0.15, -0.1) is 0 Å².